The summed E-state index contributed by atoms with van der Waals surface area (Å²) in [6, 6.07) is 0. The van der Waals surface area contributed by atoms with Gasteiger partial charge in [0.15, 0.2) is 50.3 Å². The maximum atomic E-state index is 11.8. The van der Waals surface area contributed by atoms with Gasteiger partial charge in [-0.05, 0) is 0 Å². The van der Waals surface area contributed by atoms with Crippen LogP contribution in [0, 0.1) is 0 Å². The molecule has 0 radical (unpaired) electrons. The molecular formula is C48H82O41. The van der Waals surface area contributed by atoms with Crippen LogP contribution in [0.15, 0.2) is 0 Å². The topological polar surface area (TPSA) is 664 Å². The third kappa shape index (κ3) is 15.0. The van der Waals surface area contributed by atoms with Crippen molar-refractivity contribution in [2.75, 3.05) is 52.9 Å². The van der Waals surface area contributed by atoms with Crippen LogP contribution in [0.25, 0.3) is 0 Å². The maximum Gasteiger partial charge on any atom is 0.187 e. The van der Waals surface area contributed by atoms with Crippen molar-refractivity contribution in [3.05, 3.63) is 0 Å². The Labute approximate surface area is 501 Å². The van der Waals surface area contributed by atoms with E-state index in [-0.39, 0.29) is 0 Å². The minimum Gasteiger partial charge on any atom is -0.394 e. The molecule has 0 amide bonds. The predicted molar refractivity (Wildman–Crippen MR) is 264 cm³/mol. The molecule has 89 heavy (non-hydrogen) atoms. The van der Waals surface area contributed by atoms with Crippen LogP contribution in [0.4, 0.5) is 0 Å². The van der Waals surface area contributed by atoms with Crippen LogP contribution in [-0.4, -0.2) is 431 Å². The van der Waals surface area contributed by atoms with Crippen molar-refractivity contribution < 1.29 is 204 Å². The molecule has 41 nitrogen and oxygen atoms in total. The van der Waals surface area contributed by atoms with Gasteiger partial charge in [-0.3, -0.25) is 0 Å². The second-order valence-corrected chi connectivity index (χ2v) is 22.4. The lowest BCUT2D eigenvalue weighted by atomic mass is 9.95. The molecule has 8 aliphatic heterocycles. The molecule has 8 aliphatic rings. The van der Waals surface area contributed by atoms with E-state index >= 15 is 0 Å². The third-order valence-corrected chi connectivity index (χ3v) is 16.7. The molecule has 0 aromatic heterocycles. The van der Waals surface area contributed by atoms with E-state index in [2.05, 4.69) is 0 Å². The Morgan fingerprint density at radius 2 is 0.326 bits per heavy atom. The molecule has 0 saturated carbocycles. The van der Waals surface area contributed by atoms with Crippen LogP contribution < -0.4 is 0 Å². The summed E-state index contributed by atoms with van der Waals surface area (Å²) in [4.78, 5) is 0. The van der Waals surface area contributed by atoms with E-state index in [1.807, 2.05) is 0 Å². The van der Waals surface area contributed by atoms with Gasteiger partial charge in [0.05, 0.1) is 52.9 Å². The van der Waals surface area contributed by atoms with Crippen molar-refractivity contribution in [1.29, 1.82) is 0 Å². The zero-order valence-corrected chi connectivity index (χ0v) is 46.5. The number of ether oxygens (including phenoxy) is 15. The Balaban J connectivity index is 0.965. The van der Waals surface area contributed by atoms with Gasteiger partial charge in [-0.25, -0.2) is 0 Å². The van der Waals surface area contributed by atoms with Crippen molar-refractivity contribution >= 4 is 0 Å². The first-order valence-electron chi connectivity index (χ1n) is 28.2. The van der Waals surface area contributed by atoms with Gasteiger partial charge in [0.25, 0.3) is 0 Å². The van der Waals surface area contributed by atoms with Crippen molar-refractivity contribution in [3.8, 4) is 0 Å². The Morgan fingerprint density at radius 3 is 0.517 bits per heavy atom. The van der Waals surface area contributed by atoms with Crippen LogP contribution in [0.3, 0.4) is 0 Å². The van der Waals surface area contributed by atoms with E-state index in [0.717, 1.165) is 0 Å². The van der Waals surface area contributed by atoms with Gasteiger partial charge in [-0.15, -0.1) is 0 Å². The molecule has 0 bridgehead atoms. The van der Waals surface area contributed by atoms with Crippen LogP contribution in [0.2, 0.25) is 0 Å². The van der Waals surface area contributed by atoms with Crippen LogP contribution in [-0.2, 0) is 71.1 Å². The minimum absolute atomic E-state index is 0.895. The first-order valence-corrected chi connectivity index (χ1v) is 28.2. The standard InChI is InChI=1S/C48H82O41/c49-1-9-17(57)25(65)26(66)42(76-9)84-35-19(59)11(3-51)78-44(28(35)68)86-37-21(61)13(5-53)80-46(30(37)70)88-39-23(63)15(7-55)82-48(32(39)72)89-40-24(64)16(8-56)81-47(33(40)73)87-38-22(62)14(6-54)79-45(31(38)71)85-36-20(60)12(4-52)77-43(29(36)69)83-34-18(58)10(2-50)75-41(74)27(34)67/h9-74H,1-8H2/t9-,10-,11-,12-,13-,14-,15-,16-,17-,18-,19-,20-,21-,22-,23-,24-,25+,26+,27+,28+,29+,30+,31+,32+,33+,34+,35+,36+,37+,38+,39+,40+,41+,42-,43-,44-,45-,46-,47-,48-/m1/s1. The Hall–Kier alpha value is -1.64. The molecule has 8 fully saturated rings. The highest BCUT2D eigenvalue weighted by Gasteiger charge is 2.60. The molecule has 0 aromatic carbocycles. The highest BCUT2D eigenvalue weighted by molar-refractivity contribution is 5.02. The normalized spacial score (nSPS) is 53.6. The fourth-order valence-corrected chi connectivity index (χ4v) is 11.4. The van der Waals surface area contributed by atoms with Crippen LogP contribution in [0.1, 0.15) is 0 Å². The minimum atomic E-state index is -2.38. The van der Waals surface area contributed by atoms with Crippen LogP contribution in [0.5, 0.6) is 0 Å². The Bertz CT molecular complexity index is 2130. The highest BCUT2D eigenvalue weighted by Crippen LogP contribution is 2.39. The monoisotopic (exact) mass is 1310 g/mol. The van der Waals surface area contributed by atoms with E-state index < -0.39 is 299 Å². The smallest absolute Gasteiger partial charge is 0.187 e. The second kappa shape index (κ2) is 31.5. The number of hydrogen-bond acceptors (Lipinski definition) is 41. The van der Waals surface area contributed by atoms with Crippen molar-refractivity contribution in [2.45, 2.75) is 246 Å². The summed E-state index contributed by atoms with van der Waals surface area (Å²) in [5.74, 6) is 0. The van der Waals surface area contributed by atoms with Gasteiger partial charge in [-0.1, -0.05) is 0 Å². The fourth-order valence-electron chi connectivity index (χ4n) is 11.4. The molecule has 41 heteroatoms. The van der Waals surface area contributed by atoms with Gasteiger partial charge in [0, 0.05) is 0 Å². The van der Waals surface area contributed by atoms with E-state index in [1.165, 1.54) is 0 Å². The SMILES string of the molecule is OC[C@H]1O[C@H](O[C@@H]2[C@H](O)[C@@H](O[C@@H]3[C@H](O)[C@@H](O[C@@H]4[C@H](O)[C@@H](O[C@@H]5[C@H](O)[C@@H](O[C@@H]6[C@H](O)[C@@H](O[C@@H]7[C@H](O)[C@@H](O[C@@H]8[C@H](O)[C@@H](O)O[C@H](CO)[C@H]8O)O[C@H](CO)[C@H]7O)O[C@H](CO)[C@H]6O)O[C@H](CO)[C@H]5O)O[C@H](CO)[C@H]4O)O[C@H](CO)[C@H]3O)O[C@H](CO)[C@H]2O)[C@@H](O)[C@@H](O)[C@@H]1O. The number of aliphatic hydroxyl groups is 26. The summed E-state index contributed by atoms with van der Waals surface area (Å²) in [7, 11) is 0. The van der Waals surface area contributed by atoms with Gasteiger partial charge < -0.3 is 204 Å². The predicted octanol–water partition coefficient (Wildman–Crippen LogP) is -18.5. The fraction of sp³-hybridized carbons (Fsp3) is 1.00. The first-order chi connectivity index (χ1) is 42.2. The number of aliphatic hydroxyl groups excluding tert-OH is 26. The number of hydrogen-bond donors (Lipinski definition) is 26. The molecule has 40 atom stereocenters. The lowest BCUT2D eigenvalue weighted by Gasteiger charge is -2.50. The van der Waals surface area contributed by atoms with Crippen molar-refractivity contribution in [3.63, 3.8) is 0 Å². The van der Waals surface area contributed by atoms with Crippen LogP contribution >= 0.6 is 0 Å². The zero-order chi connectivity index (χ0) is 65.4. The van der Waals surface area contributed by atoms with Crippen molar-refractivity contribution in [2.24, 2.45) is 0 Å². The van der Waals surface area contributed by atoms with E-state index in [4.69, 9.17) is 71.1 Å². The summed E-state index contributed by atoms with van der Waals surface area (Å²) < 4.78 is 83.5. The molecule has 26 N–H and O–H groups in total. The summed E-state index contributed by atoms with van der Waals surface area (Å²) in [5.41, 5.74) is 0. The summed E-state index contributed by atoms with van der Waals surface area (Å²) >= 11 is 0. The van der Waals surface area contributed by atoms with Gasteiger partial charge in [0.1, 0.15) is 195 Å². The van der Waals surface area contributed by atoms with E-state index in [1.54, 1.807) is 0 Å². The molecule has 0 aromatic rings. The molecule has 0 aliphatic carbocycles. The van der Waals surface area contributed by atoms with E-state index in [9.17, 15) is 133 Å². The average molecular weight is 1320 g/mol. The third-order valence-electron chi connectivity index (χ3n) is 16.7. The number of rotatable bonds is 22. The lowest BCUT2D eigenvalue weighted by molar-refractivity contribution is -0.402. The highest BCUT2D eigenvalue weighted by atomic mass is 16.8. The molecule has 8 saturated heterocycles. The molecule has 520 valence electrons. The van der Waals surface area contributed by atoms with Crippen molar-refractivity contribution in [1.82, 2.24) is 0 Å². The Kier molecular flexibility index (Phi) is 25.9. The maximum absolute atomic E-state index is 11.8. The van der Waals surface area contributed by atoms with Gasteiger partial charge in [-0.2, -0.15) is 0 Å². The summed E-state index contributed by atoms with van der Waals surface area (Å²) in [6.45, 7) is -8.32. The lowest BCUT2D eigenvalue weighted by Crippen LogP contribution is -2.69. The average Bonchev–Trinajstić information content (AvgIpc) is 1.53. The molecular weight excluding hydrogens is 1230 g/mol. The first kappa shape index (κ1) is 73.2. The Morgan fingerprint density at radius 1 is 0.169 bits per heavy atom. The molecule has 0 unspecified atom stereocenters. The summed E-state index contributed by atoms with van der Waals surface area (Å²) in [5, 5.41) is 281. The molecule has 0 spiro atoms. The largest absolute Gasteiger partial charge is 0.394 e. The zero-order valence-electron chi connectivity index (χ0n) is 46.5. The van der Waals surface area contributed by atoms with Gasteiger partial charge >= 0.3 is 0 Å². The second-order valence-electron chi connectivity index (χ2n) is 22.4. The van der Waals surface area contributed by atoms with E-state index in [0.29, 0.717) is 0 Å². The summed E-state index contributed by atoms with van der Waals surface area (Å²) in [6.07, 6.45) is -81.9. The molecule has 8 rings (SSSR count). The quantitative estimate of drug-likeness (QED) is 0.0479. The molecule has 8 heterocycles. The van der Waals surface area contributed by atoms with Gasteiger partial charge in [0.2, 0.25) is 0 Å².